The number of carbonyl (C=O) groups is 1. The van der Waals surface area contributed by atoms with Gasteiger partial charge in [-0.25, -0.2) is 0 Å². The Kier molecular flexibility index (Phi) is 6.46. The van der Waals surface area contributed by atoms with Gasteiger partial charge in [0.25, 0.3) is 5.91 Å². The van der Waals surface area contributed by atoms with Gasteiger partial charge >= 0.3 is 0 Å². The molecule has 1 atom stereocenters. The predicted molar refractivity (Wildman–Crippen MR) is 125 cm³/mol. The van der Waals surface area contributed by atoms with Gasteiger partial charge in [0, 0.05) is 6.54 Å². The first-order chi connectivity index (χ1) is 15.4. The van der Waals surface area contributed by atoms with Crippen molar-refractivity contribution in [2.24, 2.45) is 0 Å². The molecule has 0 radical (unpaired) electrons. The number of hydrogen-bond donors (Lipinski definition) is 0. The normalized spacial score (nSPS) is 15.3. The van der Waals surface area contributed by atoms with Gasteiger partial charge in [0.1, 0.15) is 12.4 Å². The molecule has 1 aliphatic heterocycles. The van der Waals surface area contributed by atoms with Crippen molar-refractivity contribution in [2.45, 2.75) is 26.3 Å². The molecule has 168 valence electrons. The van der Waals surface area contributed by atoms with Gasteiger partial charge in [-0.15, -0.1) is 0 Å². The molecule has 1 aliphatic rings. The van der Waals surface area contributed by atoms with E-state index < -0.39 is 0 Å². The average molecular weight is 500 g/mol. The van der Waals surface area contributed by atoms with E-state index >= 15 is 0 Å². The van der Waals surface area contributed by atoms with Crippen LogP contribution in [0.1, 0.15) is 38.9 Å². The highest BCUT2D eigenvalue weighted by atomic mass is 79.9. The number of amides is 1. The molecule has 1 aromatic heterocycles. The van der Waals surface area contributed by atoms with Crippen LogP contribution in [0.2, 0.25) is 0 Å². The summed E-state index contributed by atoms with van der Waals surface area (Å²) in [5.41, 5.74) is 4.35. The minimum absolute atomic E-state index is 0.176. The Hall–Kier alpha value is -2.93. The monoisotopic (exact) mass is 499 g/mol. The molecule has 0 saturated heterocycles. The molecule has 32 heavy (non-hydrogen) atoms. The van der Waals surface area contributed by atoms with E-state index in [2.05, 4.69) is 22.0 Å². The van der Waals surface area contributed by atoms with Crippen LogP contribution in [0.15, 0.2) is 51.6 Å². The molecule has 0 aliphatic carbocycles. The predicted octanol–water partition coefficient (Wildman–Crippen LogP) is 5.49. The van der Waals surface area contributed by atoms with Crippen molar-refractivity contribution in [2.75, 3.05) is 27.4 Å². The summed E-state index contributed by atoms with van der Waals surface area (Å²) < 4.78 is 23.3. The molecule has 0 saturated carbocycles. The Balaban J connectivity index is 1.71. The fraction of sp³-hybridized carbons (Fsp3) is 0.320. The van der Waals surface area contributed by atoms with Gasteiger partial charge in [-0.1, -0.05) is 6.07 Å². The lowest BCUT2D eigenvalue weighted by molar-refractivity contribution is 0.0556. The smallest absolute Gasteiger partial charge is 0.290 e. The highest BCUT2D eigenvalue weighted by Crippen LogP contribution is 2.39. The number of fused-ring (bicyclic) bond motifs is 1. The Morgan fingerprint density at radius 3 is 2.38 bits per heavy atom. The lowest BCUT2D eigenvalue weighted by Gasteiger charge is -2.37. The van der Waals surface area contributed by atoms with E-state index in [0.29, 0.717) is 35.7 Å². The van der Waals surface area contributed by atoms with Crippen LogP contribution in [0.5, 0.6) is 17.2 Å². The third-order valence-electron chi connectivity index (χ3n) is 5.65. The summed E-state index contributed by atoms with van der Waals surface area (Å²) in [7, 11) is 3.23. The number of nitrogens with zero attached hydrogens (tertiary/aromatic N) is 1. The fourth-order valence-electron chi connectivity index (χ4n) is 4.21. The number of rotatable bonds is 6. The number of furan rings is 1. The van der Waals surface area contributed by atoms with Gasteiger partial charge in [-0.2, -0.15) is 0 Å². The van der Waals surface area contributed by atoms with Crippen LogP contribution in [0.25, 0.3) is 0 Å². The average Bonchev–Trinajstić information content (AvgIpc) is 3.21. The summed E-state index contributed by atoms with van der Waals surface area (Å²) in [6, 6.07) is 13.1. The second kappa shape index (κ2) is 9.28. The molecule has 0 spiro atoms. The Labute approximate surface area is 196 Å². The van der Waals surface area contributed by atoms with Crippen molar-refractivity contribution in [3.63, 3.8) is 0 Å². The van der Waals surface area contributed by atoms with E-state index in [0.717, 1.165) is 28.0 Å². The van der Waals surface area contributed by atoms with E-state index in [1.807, 2.05) is 43.0 Å². The minimum atomic E-state index is -0.309. The molecule has 2 heterocycles. The fourth-order valence-corrected chi connectivity index (χ4v) is 4.52. The molecule has 0 N–H and O–H groups in total. The van der Waals surface area contributed by atoms with Gasteiger partial charge in [0.2, 0.25) is 0 Å². The third kappa shape index (κ3) is 4.48. The molecule has 3 aromatic rings. The van der Waals surface area contributed by atoms with Crippen LogP contribution in [-0.4, -0.2) is 38.2 Å². The summed E-state index contributed by atoms with van der Waals surface area (Å²) in [5.74, 6) is 2.19. The quantitative estimate of drug-likeness (QED) is 0.448. The summed E-state index contributed by atoms with van der Waals surface area (Å²) >= 11 is 3.28. The number of benzene rings is 2. The molecular weight excluding hydrogens is 474 g/mol. The number of carbonyl (C=O) groups excluding carboxylic acids is 1. The maximum absolute atomic E-state index is 13.3. The van der Waals surface area contributed by atoms with Crippen molar-refractivity contribution in [3.8, 4) is 17.2 Å². The van der Waals surface area contributed by atoms with Gasteiger partial charge in [-0.3, -0.25) is 4.79 Å². The second-order valence-corrected chi connectivity index (χ2v) is 8.69. The molecule has 2 aromatic carbocycles. The van der Waals surface area contributed by atoms with Crippen molar-refractivity contribution in [3.05, 3.63) is 75.1 Å². The zero-order valence-corrected chi connectivity index (χ0v) is 20.2. The Morgan fingerprint density at radius 1 is 1.06 bits per heavy atom. The number of hydrogen-bond acceptors (Lipinski definition) is 5. The van der Waals surface area contributed by atoms with Crippen LogP contribution >= 0.6 is 15.9 Å². The van der Waals surface area contributed by atoms with Crippen LogP contribution in [-0.2, 0) is 6.42 Å². The Morgan fingerprint density at radius 2 is 1.75 bits per heavy atom. The highest BCUT2D eigenvalue weighted by Gasteiger charge is 2.34. The molecule has 7 heteroatoms. The second-order valence-electron chi connectivity index (χ2n) is 7.91. The molecular formula is C25H26BrNO5. The van der Waals surface area contributed by atoms with Crippen LogP contribution in [0.4, 0.5) is 0 Å². The van der Waals surface area contributed by atoms with Crippen LogP contribution < -0.4 is 14.2 Å². The molecule has 6 nitrogen and oxygen atoms in total. The lowest BCUT2D eigenvalue weighted by Crippen LogP contribution is -2.42. The first-order valence-electron chi connectivity index (χ1n) is 10.4. The van der Waals surface area contributed by atoms with Crippen LogP contribution in [0, 0.1) is 13.8 Å². The third-order valence-corrected chi connectivity index (χ3v) is 6.08. The van der Waals surface area contributed by atoms with Crippen molar-refractivity contribution in [1.29, 1.82) is 0 Å². The zero-order valence-electron chi connectivity index (χ0n) is 18.6. The van der Waals surface area contributed by atoms with Gasteiger partial charge in [-0.05, 0) is 94.9 Å². The standard InChI is InChI=1S/C25H26BrNO5/c1-15-9-16(2)11-18(10-15)31-14-20-19-13-23(30-4)22(29-3)12-17(19)7-8-27(20)25(28)21-5-6-24(26)32-21/h5-6,9-13,20H,7-8,14H2,1-4H3/t20-/m0/s1. The summed E-state index contributed by atoms with van der Waals surface area (Å²) in [5, 5.41) is 0. The van der Waals surface area contributed by atoms with E-state index in [9.17, 15) is 4.79 Å². The van der Waals surface area contributed by atoms with Crippen molar-refractivity contribution >= 4 is 21.8 Å². The molecule has 0 fully saturated rings. The highest BCUT2D eigenvalue weighted by molar-refractivity contribution is 9.10. The van der Waals surface area contributed by atoms with E-state index in [-0.39, 0.29) is 17.7 Å². The maximum atomic E-state index is 13.3. The maximum Gasteiger partial charge on any atom is 0.290 e. The number of ether oxygens (including phenoxy) is 3. The van der Waals surface area contributed by atoms with Gasteiger partial charge in [0.05, 0.1) is 20.3 Å². The van der Waals surface area contributed by atoms with Crippen LogP contribution in [0.3, 0.4) is 0 Å². The summed E-state index contributed by atoms with van der Waals surface area (Å²) in [6.07, 6.45) is 0.698. The van der Waals surface area contributed by atoms with E-state index in [1.54, 1.807) is 26.4 Å². The summed E-state index contributed by atoms with van der Waals surface area (Å²) in [6.45, 7) is 4.93. The zero-order chi connectivity index (χ0) is 22.8. The number of methoxy groups -OCH3 is 2. The minimum Gasteiger partial charge on any atom is -0.493 e. The number of halogens is 1. The lowest BCUT2D eigenvalue weighted by atomic mass is 9.92. The largest absolute Gasteiger partial charge is 0.493 e. The van der Waals surface area contributed by atoms with Gasteiger partial charge < -0.3 is 23.5 Å². The van der Waals surface area contributed by atoms with Crippen molar-refractivity contribution < 1.29 is 23.4 Å². The molecule has 1 amide bonds. The Bertz CT molecular complexity index is 1120. The number of aryl methyl sites for hydroxylation is 2. The van der Waals surface area contributed by atoms with E-state index in [1.165, 1.54) is 0 Å². The van der Waals surface area contributed by atoms with Gasteiger partial charge in [0.15, 0.2) is 21.9 Å². The topological polar surface area (TPSA) is 61.1 Å². The summed E-state index contributed by atoms with van der Waals surface area (Å²) in [4.78, 5) is 15.1. The van der Waals surface area contributed by atoms with Crippen molar-refractivity contribution in [1.82, 2.24) is 4.90 Å². The molecule has 0 bridgehead atoms. The van der Waals surface area contributed by atoms with E-state index in [4.69, 9.17) is 18.6 Å². The molecule has 4 rings (SSSR count). The first-order valence-corrected chi connectivity index (χ1v) is 11.2. The SMILES string of the molecule is COc1cc2c(cc1OC)[C@H](COc1cc(C)cc(C)c1)N(C(=O)c1ccc(Br)o1)CC2. The molecule has 0 unspecified atom stereocenters. The first kappa shape index (κ1) is 22.3.